The molecule has 0 saturated carbocycles. The van der Waals surface area contributed by atoms with E-state index in [1.165, 1.54) is 12.1 Å². The highest BCUT2D eigenvalue weighted by molar-refractivity contribution is 14.1. The van der Waals surface area contributed by atoms with Crippen molar-refractivity contribution in [2.45, 2.75) is 20.8 Å². The average Bonchev–Trinajstić information content (AvgIpc) is 2.69. The van der Waals surface area contributed by atoms with Crippen LogP contribution in [-0.2, 0) is 14.4 Å². The van der Waals surface area contributed by atoms with Gasteiger partial charge in [0, 0.05) is 0 Å². The third-order valence-electron chi connectivity index (χ3n) is 4.55. The van der Waals surface area contributed by atoms with E-state index in [0.717, 1.165) is 16.0 Å². The number of imide groups is 2. The van der Waals surface area contributed by atoms with Gasteiger partial charge in [0.25, 0.3) is 11.8 Å². The lowest BCUT2D eigenvalue weighted by molar-refractivity contribution is -0.139. The van der Waals surface area contributed by atoms with E-state index < -0.39 is 30.4 Å². The Balaban J connectivity index is 2.03. The van der Waals surface area contributed by atoms with Gasteiger partial charge in [-0.25, -0.2) is 14.5 Å². The van der Waals surface area contributed by atoms with Crippen LogP contribution in [0.15, 0.2) is 35.9 Å². The van der Waals surface area contributed by atoms with Gasteiger partial charge >= 0.3 is 12.0 Å². The van der Waals surface area contributed by atoms with E-state index in [1.54, 1.807) is 25.1 Å². The maximum absolute atomic E-state index is 13.2. The third kappa shape index (κ3) is 5.51. The second-order valence-electron chi connectivity index (χ2n) is 7.25. The molecule has 4 amide bonds. The molecule has 172 valence electrons. The molecule has 0 bridgehead atoms. The second kappa shape index (κ2) is 10.0. The molecular weight excluding hydrogens is 543 g/mol. The molecule has 2 aromatic carbocycles. The molecule has 33 heavy (non-hydrogen) atoms. The molecule has 1 heterocycles. The van der Waals surface area contributed by atoms with E-state index in [2.05, 4.69) is 5.32 Å². The molecule has 9 nitrogen and oxygen atoms in total. The number of amides is 4. The Morgan fingerprint density at radius 3 is 2.36 bits per heavy atom. The summed E-state index contributed by atoms with van der Waals surface area (Å²) in [4.78, 5) is 49.9. The molecule has 1 aliphatic rings. The van der Waals surface area contributed by atoms with Gasteiger partial charge in [-0.15, -0.1) is 0 Å². The number of aryl methyl sites for hydroxylation is 2. The third-order valence-corrected chi connectivity index (χ3v) is 5.35. The van der Waals surface area contributed by atoms with Gasteiger partial charge in [0.1, 0.15) is 5.57 Å². The number of carbonyl (C=O) groups is 4. The van der Waals surface area contributed by atoms with Crippen LogP contribution in [0.2, 0.25) is 0 Å². The first-order valence-electron chi connectivity index (χ1n) is 9.91. The summed E-state index contributed by atoms with van der Waals surface area (Å²) in [5.41, 5.74) is 2.29. The lowest BCUT2D eigenvalue weighted by Gasteiger charge is -2.27. The van der Waals surface area contributed by atoms with E-state index >= 15 is 0 Å². The number of ether oxygens (including phenoxy) is 2. The van der Waals surface area contributed by atoms with Gasteiger partial charge in [-0.2, -0.15) is 0 Å². The predicted octanol–water partition coefficient (Wildman–Crippen LogP) is 3.44. The van der Waals surface area contributed by atoms with Crippen LogP contribution < -0.4 is 19.7 Å². The zero-order valence-corrected chi connectivity index (χ0v) is 20.3. The summed E-state index contributed by atoms with van der Waals surface area (Å²) < 4.78 is 11.4. The van der Waals surface area contributed by atoms with Gasteiger partial charge in [0.05, 0.1) is 15.9 Å². The number of hydrogen-bond acceptors (Lipinski definition) is 6. The predicted molar refractivity (Wildman–Crippen MR) is 128 cm³/mol. The molecule has 0 unspecified atom stereocenters. The lowest BCUT2D eigenvalue weighted by Crippen LogP contribution is -2.54. The molecule has 1 aliphatic heterocycles. The van der Waals surface area contributed by atoms with Gasteiger partial charge in [-0.1, -0.05) is 6.07 Å². The molecule has 0 spiro atoms. The quantitative estimate of drug-likeness (QED) is 0.300. The monoisotopic (exact) mass is 564 g/mol. The number of halogens is 1. The number of carbonyl (C=O) groups excluding carboxylic acids is 3. The number of rotatable bonds is 7. The minimum absolute atomic E-state index is 0.230. The Labute approximate surface area is 203 Å². The van der Waals surface area contributed by atoms with E-state index in [4.69, 9.17) is 14.6 Å². The number of aliphatic carboxylic acids is 1. The van der Waals surface area contributed by atoms with Crippen molar-refractivity contribution in [2.75, 3.05) is 18.1 Å². The van der Waals surface area contributed by atoms with Crippen LogP contribution in [0.3, 0.4) is 0 Å². The van der Waals surface area contributed by atoms with Crippen molar-refractivity contribution in [3.8, 4) is 11.5 Å². The Hall–Kier alpha value is -3.41. The smallest absolute Gasteiger partial charge is 0.341 e. The van der Waals surface area contributed by atoms with E-state index in [1.807, 2.05) is 42.5 Å². The fourth-order valence-electron chi connectivity index (χ4n) is 3.35. The highest BCUT2D eigenvalue weighted by atomic mass is 127. The number of benzene rings is 2. The first kappa shape index (κ1) is 24.2. The lowest BCUT2D eigenvalue weighted by atomic mass is 10.0. The highest BCUT2D eigenvalue weighted by Gasteiger charge is 2.37. The Morgan fingerprint density at radius 2 is 1.76 bits per heavy atom. The molecule has 1 saturated heterocycles. The Morgan fingerprint density at radius 1 is 1.09 bits per heavy atom. The molecule has 0 radical (unpaired) electrons. The maximum atomic E-state index is 13.2. The molecule has 1 fully saturated rings. The van der Waals surface area contributed by atoms with Crippen molar-refractivity contribution in [1.82, 2.24) is 5.32 Å². The van der Waals surface area contributed by atoms with Gasteiger partial charge in [0.15, 0.2) is 18.1 Å². The molecule has 0 atom stereocenters. The van der Waals surface area contributed by atoms with Crippen molar-refractivity contribution in [1.29, 1.82) is 0 Å². The Bertz CT molecular complexity index is 1170. The summed E-state index contributed by atoms with van der Waals surface area (Å²) in [6.45, 7) is 5.18. The fourth-order valence-corrected chi connectivity index (χ4v) is 4.13. The zero-order valence-electron chi connectivity index (χ0n) is 18.1. The number of carboxylic acid groups (broad SMARTS) is 1. The number of carboxylic acids is 1. The number of nitrogens with one attached hydrogen (secondary N) is 1. The average molecular weight is 564 g/mol. The van der Waals surface area contributed by atoms with Crippen molar-refractivity contribution in [2.24, 2.45) is 0 Å². The van der Waals surface area contributed by atoms with Crippen molar-refractivity contribution in [3.63, 3.8) is 0 Å². The standard InChI is InChI=1S/C23H21IN2O7/c1-4-32-18-10-14(9-17(24)20(18)33-11-19(27)28)8-16-21(29)25-23(31)26(22(16)30)15-6-12(2)5-13(3)7-15/h5-10H,4,11H2,1-3H3,(H,27,28)(H,25,29,31)/b16-8+. The minimum atomic E-state index is -1.14. The zero-order chi connectivity index (χ0) is 24.3. The molecule has 2 N–H and O–H groups in total. The first-order valence-corrected chi connectivity index (χ1v) is 11.0. The van der Waals surface area contributed by atoms with Crippen LogP contribution in [0.1, 0.15) is 23.6 Å². The molecule has 10 heteroatoms. The van der Waals surface area contributed by atoms with Gasteiger partial charge < -0.3 is 14.6 Å². The topological polar surface area (TPSA) is 122 Å². The van der Waals surface area contributed by atoms with Crippen molar-refractivity contribution < 1.29 is 33.8 Å². The maximum Gasteiger partial charge on any atom is 0.341 e. The number of nitrogens with zero attached hydrogens (tertiary/aromatic N) is 1. The molecule has 3 rings (SSSR count). The summed E-state index contributed by atoms with van der Waals surface area (Å²) in [7, 11) is 0. The van der Waals surface area contributed by atoms with E-state index in [0.29, 0.717) is 14.8 Å². The Kier molecular flexibility index (Phi) is 7.36. The molecule has 0 aliphatic carbocycles. The number of anilines is 1. The first-order chi connectivity index (χ1) is 15.6. The number of hydrogen-bond donors (Lipinski definition) is 2. The van der Waals surface area contributed by atoms with Crippen LogP contribution in [0.4, 0.5) is 10.5 Å². The van der Waals surface area contributed by atoms with Crippen LogP contribution in [-0.4, -0.2) is 42.1 Å². The highest BCUT2D eigenvalue weighted by Crippen LogP contribution is 2.35. The van der Waals surface area contributed by atoms with Crippen LogP contribution in [0.25, 0.3) is 6.08 Å². The van der Waals surface area contributed by atoms with Crippen molar-refractivity contribution in [3.05, 3.63) is 56.2 Å². The minimum Gasteiger partial charge on any atom is -0.490 e. The number of urea groups is 1. The summed E-state index contributed by atoms with van der Waals surface area (Å²) in [5, 5.41) is 11.1. The second-order valence-corrected chi connectivity index (χ2v) is 8.41. The fraction of sp³-hybridized carbons (Fsp3) is 0.217. The van der Waals surface area contributed by atoms with E-state index in [-0.39, 0.29) is 23.7 Å². The summed E-state index contributed by atoms with van der Waals surface area (Å²) in [6.07, 6.45) is 1.35. The normalized spacial score (nSPS) is 15.0. The molecule has 0 aromatic heterocycles. The molecular formula is C23H21IN2O7. The molecule has 2 aromatic rings. The summed E-state index contributed by atoms with van der Waals surface area (Å²) >= 11 is 1.95. The van der Waals surface area contributed by atoms with Crippen molar-refractivity contribution >= 4 is 58.2 Å². The SMILES string of the molecule is CCOc1cc(/C=C2\C(=O)NC(=O)N(c3cc(C)cc(C)c3)C2=O)cc(I)c1OCC(=O)O. The van der Waals surface area contributed by atoms with Crippen LogP contribution in [0, 0.1) is 17.4 Å². The van der Waals surface area contributed by atoms with Gasteiger partial charge in [0.2, 0.25) is 0 Å². The largest absolute Gasteiger partial charge is 0.490 e. The van der Waals surface area contributed by atoms with E-state index in [9.17, 15) is 19.2 Å². The van der Waals surface area contributed by atoms with Crippen LogP contribution in [0.5, 0.6) is 11.5 Å². The van der Waals surface area contributed by atoms with Gasteiger partial charge in [-0.3, -0.25) is 14.9 Å². The number of barbiturate groups is 1. The van der Waals surface area contributed by atoms with Crippen LogP contribution >= 0.6 is 22.6 Å². The van der Waals surface area contributed by atoms with Gasteiger partial charge in [-0.05, 0) is 90.4 Å². The summed E-state index contributed by atoms with van der Waals surface area (Å²) in [5.74, 6) is -2.20. The summed E-state index contributed by atoms with van der Waals surface area (Å²) in [6, 6.07) is 7.60.